The second-order valence-corrected chi connectivity index (χ2v) is 5.74. The fourth-order valence-electron chi connectivity index (χ4n) is 3.37. The third-order valence-electron chi connectivity index (χ3n) is 4.38. The Balaban J connectivity index is 1.65. The molecule has 1 saturated heterocycles. The first kappa shape index (κ1) is 13.6. The molecule has 20 heavy (non-hydrogen) atoms. The Kier molecular flexibility index (Phi) is 4.03. The van der Waals surface area contributed by atoms with Gasteiger partial charge >= 0.3 is 0 Å². The first-order valence-electron chi connectivity index (χ1n) is 7.47. The SMILES string of the molecule is N[C@H](Cc1ccccc1)C(=O)N1CCOC2CCCC21. The summed E-state index contributed by atoms with van der Waals surface area (Å²) in [5.74, 6) is 0.0778. The predicted octanol–water partition coefficient (Wildman–Crippen LogP) is 1.34. The molecule has 0 aromatic heterocycles. The maximum Gasteiger partial charge on any atom is 0.240 e. The summed E-state index contributed by atoms with van der Waals surface area (Å²) in [5.41, 5.74) is 7.25. The number of nitrogens with two attached hydrogens (primary N) is 1. The summed E-state index contributed by atoms with van der Waals surface area (Å²) in [6.45, 7) is 1.33. The summed E-state index contributed by atoms with van der Waals surface area (Å²) in [7, 11) is 0. The normalized spacial score (nSPS) is 27.1. The zero-order valence-electron chi connectivity index (χ0n) is 11.7. The number of rotatable bonds is 3. The van der Waals surface area contributed by atoms with Crippen molar-refractivity contribution < 1.29 is 9.53 Å². The van der Waals surface area contributed by atoms with Crippen molar-refractivity contribution in [1.29, 1.82) is 0 Å². The molecule has 2 unspecified atom stereocenters. The van der Waals surface area contributed by atoms with E-state index >= 15 is 0 Å². The highest BCUT2D eigenvalue weighted by atomic mass is 16.5. The lowest BCUT2D eigenvalue weighted by atomic mass is 10.0. The number of morpholine rings is 1. The van der Waals surface area contributed by atoms with Crippen molar-refractivity contribution in [1.82, 2.24) is 4.90 Å². The molecule has 4 heteroatoms. The molecule has 0 radical (unpaired) electrons. The molecular formula is C16H22N2O2. The van der Waals surface area contributed by atoms with Crippen LogP contribution >= 0.6 is 0 Å². The molecular weight excluding hydrogens is 252 g/mol. The molecule has 0 bridgehead atoms. The lowest BCUT2D eigenvalue weighted by Crippen LogP contribution is -2.56. The van der Waals surface area contributed by atoms with Crippen molar-refractivity contribution in [3.8, 4) is 0 Å². The Hall–Kier alpha value is -1.39. The van der Waals surface area contributed by atoms with Crippen molar-refractivity contribution in [2.24, 2.45) is 5.73 Å². The molecule has 4 nitrogen and oxygen atoms in total. The maximum atomic E-state index is 12.6. The number of carbonyl (C=O) groups excluding carboxylic acids is 1. The van der Waals surface area contributed by atoms with Gasteiger partial charge in [0.25, 0.3) is 0 Å². The van der Waals surface area contributed by atoms with Gasteiger partial charge in [0.2, 0.25) is 5.91 Å². The van der Waals surface area contributed by atoms with E-state index in [0.717, 1.165) is 24.8 Å². The second kappa shape index (κ2) is 5.94. The van der Waals surface area contributed by atoms with Crippen LogP contribution in [-0.4, -0.2) is 42.1 Å². The van der Waals surface area contributed by atoms with Crippen LogP contribution in [0.3, 0.4) is 0 Å². The smallest absolute Gasteiger partial charge is 0.240 e. The first-order valence-corrected chi connectivity index (χ1v) is 7.47. The number of ether oxygens (including phenoxy) is 1. The van der Waals surface area contributed by atoms with Gasteiger partial charge in [-0.15, -0.1) is 0 Å². The van der Waals surface area contributed by atoms with Gasteiger partial charge in [-0.05, 0) is 31.2 Å². The summed E-state index contributed by atoms with van der Waals surface area (Å²) < 4.78 is 5.75. The molecule has 1 aliphatic carbocycles. The molecule has 2 aliphatic rings. The Morgan fingerprint density at radius 2 is 2.15 bits per heavy atom. The molecule has 1 heterocycles. The van der Waals surface area contributed by atoms with Gasteiger partial charge in [-0.3, -0.25) is 4.79 Å². The quantitative estimate of drug-likeness (QED) is 0.905. The Labute approximate surface area is 119 Å². The lowest BCUT2D eigenvalue weighted by Gasteiger charge is -2.39. The molecule has 1 amide bonds. The average molecular weight is 274 g/mol. The van der Waals surface area contributed by atoms with Crippen LogP contribution in [0.4, 0.5) is 0 Å². The van der Waals surface area contributed by atoms with Gasteiger partial charge in [0.1, 0.15) is 0 Å². The van der Waals surface area contributed by atoms with Gasteiger partial charge in [-0.1, -0.05) is 30.3 Å². The highest BCUT2D eigenvalue weighted by Gasteiger charge is 2.39. The van der Waals surface area contributed by atoms with Crippen LogP contribution in [0, 0.1) is 0 Å². The topological polar surface area (TPSA) is 55.6 Å². The highest BCUT2D eigenvalue weighted by Crippen LogP contribution is 2.30. The predicted molar refractivity (Wildman–Crippen MR) is 77.2 cm³/mol. The third-order valence-corrected chi connectivity index (χ3v) is 4.38. The Bertz CT molecular complexity index is 463. The van der Waals surface area contributed by atoms with Crippen LogP contribution in [0.15, 0.2) is 30.3 Å². The summed E-state index contributed by atoms with van der Waals surface area (Å²) in [6, 6.07) is 9.77. The van der Waals surface area contributed by atoms with Gasteiger partial charge in [0.15, 0.2) is 0 Å². The van der Waals surface area contributed by atoms with Crippen molar-refractivity contribution >= 4 is 5.91 Å². The first-order chi connectivity index (χ1) is 9.75. The second-order valence-electron chi connectivity index (χ2n) is 5.74. The van der Waals surface area contributed by atoms with Crippen LogP contribution in [0.2, 0.25) is 0 Å². The molecule has 3 rings (SSSR count). The number of fused-ring (bicyclic) bond motifs is 1. The van der Waals surface area contributed by atoms with E-state index in [2.05, 4.69) is 0 Å². The molecule has 2 N–H and O–H groups in total. The number of benzene rings is 1. The summed E-state index contributed by atoms with van der Waals surface area (Å²) in [5, 5.41) is 0. The fourth-order valence-corrected chi connectivity index (χ4v) is 3.37. The number of amides is 1. The molecule has 1 aliphatic heterocycles. The van der Waals surface area contributed by atoms with Gasteiger partial charge in [0, 0.05) is 6.54 Å². The van der Waals surface area contributed by atoms with E-state index in [0.29, 0.717) is 19.6 Å². The third kappa shape index (κ3) is 2.72. The van der Waals surface area contributed by atoms with E-state index in [1.807, 2.05) is 35.2 Å². The van der Waals surface area contributed by atoms with E-state index < -0.39 is 6.04 Å². The fraction of sp³-hybridized carbons (Fsp3) is 0.562. The van der Waals surface area contributed by atoms with Crippen molar-refractivity contribution in [3.63, 3.8) is 0 Å². The van der Waals surface area contributed by atoms with Crippen molar-refractivity contribution in [2.45, 2.75) is 43.9 Å². The minimum Gasteiger partial charge on any atom is -0.374 e. The zero-order valence-corrected chi connectivity index (χ0v) is 11.7. The maximum absolute atomic E-state index is 12.6. The van der Waals surface area contributed by atoms with Crippen LogP contribution in [0.5, 0.6) is 0 Å². The lowest BCUT2D eigenvalue weighted by molar-refractivity contribution is -0.145. The molecule has 1 saturated carbocycles. The van der Waals surface area contributed by atoms with Crippen LogP contribution in [0.1, 0.15) is 24.8 Å². The van der Waals surface area contributed by atoms with E-state index in [-0.39, 0.29) is 18.1 Å². The van der Waals surface area contributed by atoms with E-state index in [1.165, 1.54) is 0 Å². The Morgan fingerprint density at radius 1 is 1.35 bits per heavy atom. The van der Waals surface area contributed by atoms with Gasteiger partial charge < -0.3 is 15.4 Å². The van der Waals surface area contributed by atoms with Crippen LogP contribution < -0.4 is 5.73 Å². The highest BCUT2D eigenvalue weighted by molar-refractivity contribution is 5.82. The van der Waals surface area contributed by atoms with Crippen molar-refractivity contribution in [2.75, 3.05) is 13.2 Å². The molecule has 2 fully saturated rings. The van der Waals surface area contributed by atoms with Crippen LogP contribution in [0.25, 0.3) is 0 Å². The number of hydrogen-bond acceptors (Lipinski definition) is 3. The summed E-state index contributed by atoms with van der Waals surface area (Å²) in [6.07, 6.45) is 4.11. The minimum absolute atomic E-state index is 0.0778. The molecule has 3 atom stereocenters. The van der Waals surface area contributed by atoms with Crippen LogP contribution in [-0.2, 0) is 16.0 Å². The molecule has 0 spiro atoms. The minimum atomic E-state index is -0.447. The number of carbonyl (C=O) groups is 1. The summed E-state index contributed by atoms with van der Waals surface area (Å²) in [4.78, 5) is 14.6. The standard InChI is InChI=1S/C16H22N2O2/c17-13(11-12-5-2-1-3-6-12)16(19)18-9-10-20-15-8-4-7-14(15)18/h1-3,5-6,13-15H,4,7-11,17H2/t13-,14?,15?/m1/s1. The van der Waals surface area contributed by atoms with Crippen molar-refractivity contribution in [3.05, 3.63) is 35.9 Å². The zero-order chi connectivity index (χ0) is 13.9. The largest absolute Gasteiger partial charge is 0.374 e. The van der Waals surface area contributed by atoms with E-state index in [4.69, 9.17) is 10.5 Å². The van der Waals surface area contributed by atoms with E-state index in [9.17, 15) is 4.79 Å². The van der Waals surface area contributed by atoms with Gasteiger partial charge in [0.05, 0.1) is 24.8 Å². The molecule has 1 aromatic carbocycles. The summed E-state index contributed by atoms with van der Waals surface area (Å²) >= 11 is 0. The Morgan fingerprint density at radius 3 is 2.95 bits per heavy atom. The number of hydrogen-bond donors (Lipinski definition) is 1. The molecule has 108 valence electrons. The van der Waals surface area contributed by atoms with Gasteiger partial charge in [-0.2, -0.15) is 0 Å². The number of nitrogens with zero attached hydrogens (tertiary/aromatic N) is 1. The monoisotopic (exact) mass is 274 g/mol. The molecule has 1 aromatic rings. The average Bonchev–Trinajstić information content (AvgIpc) is 2.96. The van der Waals surface area contributed by atoms with Gasteiger partial charge in [-0.25, -0.2) is 0 Å². The van der Waals surface area contributed by atoms with E-state index in [1.54, 1.807) is 0 Å².